The molecule has 0 unspecified atom stereocenters. The summed E-state index contributed by atoms with van der Waals surface area (Å²) in [6.45, 7) is -0.304. The molecule has 0 atom stereocenters. The minimum absolute atomic E-state index is 0.0577. The van der Waals surface area contributed by atoms with Gasteiger partial charge in [-0.1, -0.05) is 0 Å². The summed E-state index contributed by atoms with van der Waals surface area (Å²) >= 11 is 0. The lowest BCUT2D eigenvalue weighted by atomic mass is 10.4. The smallest absolute Gasteiger partial charge is 0.367 e. The van der Waals surface area contributed by atoms with Gasteiger partial charge in [-0.3, -0.25) is 0 Å². The number of carbonyl (C=O) groups excluding carboxylic acids is 2. The van der Waals surface area contributed by atoms with Crippen molar-refractivity contribution in [3.63, 3.8) is 0 Å². The molecule has 0 spiro atoms. The summed E-state index contributed by atoms with van der Waals surface area (Å²) in [5, 5.41) is 0. The lowest BCUT2D eigenvalue weighted by Gasteiger charge is -2.25. The van der Waals surface area contributed by atoms with Gasteiger partial charge in [0.2, 0.25) is 0 Å². The molecule has 0 aliphatic heterocycles. The average Bonchev–Trinajstić information content (AvgIpc) is 2.80. The molecular weight excluding hydrogens is 438 g/mol. The third-order valence-corrected chi connectivity index (χ3v) is 2.69. The van der Waals surface area contributed by atoms with E-state index in [2.05, 4.69) is 131 Å². The first-order valence-electron chi connectivity index (χ1n) is 9.04. The number of nitrogens with zero attached hydrogens (tertiary/aromatic N) is 1. The summed E-state index contributed by atoms with van der Waals surface area (Å²) < 4.78 is 9.41. The predicted octanol–water partition coefficient (Wildman–Crippen LogP) is -0.635. The molecule has 0 fully saturated rings. The molecule has 0 aromatic heterocycles. The van der Waals surface area contributed by atoms with Crippen LogP contribution in [-0.4, -0.2) is 43.6 Å². The van der Waals surface area contributed by atoms with Crippen molar-refractivity contribution < 1.29 is 23.5 Å². The molecular formula is C30H12NO4+. The van der Waals surface area contributed by atoms with Crippen molar-refractivity contribution in [2.24, 2.45) is 0 Å². The second-order valence-corrected chi connectivity index (χ2v) is 5.94. The number of carbonyl (C=O) groups is 2. The minimum Gasteiger partial charge on any atom is -0.367 e. The number of ether oxygens (including phenoxy) is 2. The van der Waals surface area contributed by atoms with Crippen LogP contribution in [0.3, 0.4) is 0 Å². The zero-order valence-corrected chi connectivity index (χ0v) is 18.6. The summed E-state index contributed by atoms with van der Waals surface area (Å²) in [6, 6.07) is 0. The van der Waals surface area contributed by atoms with E-state index < -0.39 is 11.9 Å². The topological polar surface area (TPSA) is 52.6 Å². The molecule has 0 saturated heterocycles. The molecule has 0 aromatic rings. The molecule has 5 nitrogen and oxygen atoms in total. The van der Waals surface area contributed by atoms with Gasteiger partial charge < -0.3 is 14.0 Å². The molecule has 0 aliphatic rings. The third kappa shape index (κ3) is 20.7. The van der Waals surface area contributed by atoms with E-state index in [0.29, 0.717) is 0 Å². The van der Waals surface area contributed by atoms with Crippen molar-refractivity contribution in [1.29, 1.82) is 0 Å². The number of hydrogen-bond donors (Lipinski definition) is 0. The number of quaternary nitrogens is 1. The maximum atomic E-state index is 11.9. The maximum absolute atomic E-state index is 11.9. The van der Waals surface area contributed by atoms with Gasteiger partial charge in [-0.25, -0.2) is 9.59 Å². The summed E-state index contributed by atoms with van der Waals surface area (Å²) in [7, 11) is 3.25. The van der Waals surface area contributed by atoms with Crippen molar-refractivity contribution >= 4 is 11.9 Å². The Bertz CT molecular complexity index is 1450. The Balaban J connectivity index is 4.53. The first-order chi connectivity index (χ1) is 16.9. The number of likely N-dealkylation sites (N-methyl/N-ethyl adjacent to an activating group) is 1. The quantitative estimate of drug-likeness (QED) is 0.325. The third-order valence-electron chi connectivity index (χ3n) is 2.69. The van der Waals surface area contributed by atoms with Crippen LogP contribution < -0.4 is 0 Å². The Kier molecular flexibility index (Phi) is 16.0. The second-order valence-electron chi connectivity index (χ2n) is 5.94. The highest BCUT2D eigenvalue weighted by Gasteiger charge is 2.25. The standard InChI is InChI=1S/C30H12NO4/c1-5-7-9-11-13-15-17-19-21-23-25-34-29(32)27-31(3,4)28-30(33)35-26-24-22-20-18-16-14-12-10-8-6-2/h1-2H,27-28H2,3-4H3/q+1. The predicted molar refractivity (Wildman–Crippen MR) is 129 cm³/mol. The van der Waals surface area contributed by atoms with E-state index >= 15 is 0 Å². The molecule has 35 heavy (non-hydrogen) atoms. The number of hydrogen-bond acceptors (Lipinski definition) is 4. The van der Waals surface area contributed by atoms with Crippen LogP contribution in [0.5, 0.6) is 0 Å². The summed E-state index contributed by atoms with van der Waals surface area (Å²) in [4.78, 5) is 23.7. The molecule has 0 rings (SSSR count). The molecule has 0 aromatic carbocycles. The molecule has 0 N–H and O–H groups in total. The highest BCUT2D eigenvalue weighted by atomic mass is 16.5. The monoisotopic (exact) mass is 450 g/mol. The zero-order chi connectivity index (χ0) is 26.0. The first-order valence-corrected chi connectivity index (χ1v) is 9.04. The van der Waals surface area contributed by atoms with E-state index in [1.807, 2.05) is 0 Å². The summed E-state index contributed by atoms with van der Waals surface area (Å²) in [5.41, 5.74) is 0. The van der Waals surface area contributed by atoms with E-state index in [9.17, 15) is 9.59 Å². The van der Waals surface area contributed by atoms with Gasteiger partial charge in [0, 0.05) is 59.2 Å². The van der Waals surface area contributed by atoms with Gasteiger partial charge in [0.15, 0.2) is 13.1 Å². The summed E-state index contributed by atoms with van der Waals surface area (Å²) in [6.07, 6.45) is 14.1. The van der Waals surface area contributed by atoms with Crippen molar-refractivity contribution in [3.8, 4) is 143 Å². The molecule has 0 amide bonds. The largest absolute Gasteiger partial charge is 0.375 e. The second kappa shape index (κ2) is 19.6. The molecule has 0 aliphatic carbocycles. The molecule has 0 radical (unpaired) electrons. The van der Waals surface area contributed by atoms with E-state index in [1.165, 1.54) is 0 Å². The lowest BCUT2D eigenvalue weighted by molar-refractivity contribution is -0.875. The van der Waals surface area contributed by atoms with Crippen molar-refractivity contribution in [3.05, 3.63) is 0 Å². The number of esters is 2. The molecule has 160 valence electrons. The maximum Gasteiger partial charge on any atom is 0.375 e. The van der Waals surface area contributed by atoms with Gasteiger partial charge in [-0.05, 0) is 59.2 Å². The molecule has 0 bridgehead atoms. The SMILES string of the molecule is C#CC#CC#CC#CC#CC#COC(=O)C[N+](C)(C)CC(=O)OC#CC#CC#CC#CC#CC#C. The van der Waals surface area contributed by atoms with Crippen LogP contribution in [-0.2, 0) is 19.1 Å². The van der Waals surface area contributed by atoms with Crippen LogP contribution in [0.2, 0.25) is 0 Å². The Morgan fingerprint density at radius 3 is 1.06 bits per heavy atom. The van der Waals surface area contributed by atoms with Gasteiger partial charge in [0.05, 0.1) is 14.1 Å². The van der Waals surface area contributed by atoms with Crippen molar-refractivity contribution in [1.82, 2.24) is 0 Å². The Morgan fingerprint density at radius 1 is 0.514 bits per heavy atom. The van der Waals surface area contributed by atoms with Gasteiger partial charge in [0.1, 0.15) is 12.2 Å². The Hall–Kier alpha value is -6.38. The van der Waals surface area contributed by atoms with Crippen molar-refractivity contribution in [2.45, 2.75) is 0 Å². The first kappa shape index (κ1) is 28.6. The zero-order valence-electron chi connectivity index (χ0n) is 18.6. The Labute approximate surface area is 206 Å². The van der Waals surface area contributed by atoms with Crippen LogP contribution in [0, 0.1) is 143 Å². The molecule has 5 heteroatoms. The van der Waals surface area contributed by atoms with Crippen LogP contribution in [0.25, 0.3) is 0 Å². The van der Waals surface area contributed by atoms with E-state index in [1.54, 1.807) is 14.1 Å². The van der Waals surface area contributed by atoms with Crippen LogP contribution in [0.4, 0.5) is 0 Å². The van der Waals surface area contributed by atoms with Crippen LogP contribution in [0.15, 0.2) is 0 Å². The molecule has 0 heterocycles. The molecule has 0 saturated carbocycles. The number of rotatable bonds is 4. The van der Waals surface area contributed by atoms with Crippen LogP contribution in [0.1, 0.15) is 0 Å². The summed E-state index contributed by atoms with van der Waals surface area (Å²) in [5.74, 6) is 45.6. The van der Waals surface area contributed by atoms with Gasteiger partial charge in [0.25, 0.3) is 0 Å². The van der Waals surface area contributed by atoms with E-state index in [4.69, 9.17) is 22.3 Å². The highest BCUT2D eigenvalue weighted by molar-refractivity contribution is 5.74. The lowest BCUT2D eigenvalue weighted by Crippen LogP contribution is -2.47. The fraction of sp³-hybridized carbons (Fsp3) is 0.133. The normalized spacial score (nSPS) is 6.40. The van der Waals surface area contributed by atoms with E-state index in [0.717, 1.165) is 0 Å². The van der Waals surface area contributed by atoms with Gasteiger partial charge >= 0.3 is 11.9 Å². The minimum atomic E-state index is -0.662. The van der Waals surface area contributed by atoms with Gasteiger partial charge in [-0.15, -0.1) is 12.8 Å². The fourth-order valence-corrected chi connectivity index (χ4v) is 1.54. The van der Waals surface area contributed by atoms with Crippen LogP contribution >= 0.6 is 0 Å². The van der Waals surface area contributed by atoms with Gasteiger partial charge in [-0.2, -0.15) is 0 Å². The number of terminal acetylenes is 2. The van der Waals surface area contributed by atoms with E-state index in [-0.39, 0.29) is 17.6 Å². The fourth-order valence-electron chi connectivity index (χ4n) is 1.54. The van der Waals surface area contributed by atoms with Crippen molar-refractivity contribution in [2.75, 3.05) is 27.2 Å². The highest BCUT2D eigenvalue weighted by Crippen LogP contribution is 1.98. The Morgan fingerprint density at radius 2 is 0.771 bits per heavy atom. The average molecular weight is 450 g/mol.